The zero-order valence-electron chi connectivity index (χ0n) is 14.9. The van der Waals surface area contributed by atoms with Crippen LogP contribution < -0.4 is 4.90 Å². The minimum atomic E-state index is -0.269. The standard InChI is InChI=1S/C19H21BrN2O3/c1-5-22(15-7-6-12(20)10-21-15)18(24)17-11(2)16-13(23)8-19(3,4)9-14(16)25-17/h6-7,10H,5,8-9H2,1-4H3. The molecule has 0 saturated carbocycles. The molecular formula is C19H21BrN2O3. The molecule has 6 heteroatoms. The maximum Gasteiger partial charge on any atom is 0.295 e. The second-order valence-electron chi connectivity index (χ2n) is 7.18. The van der Waals surface area contributed by atoms with E-state index >= 15 is 0 Å². The lowest BCUT2D eigenvalue weighted by atomic mass is 9.76. The quantitative estimate of drug-likeness (QED) is 0.751. The predicted octanol–water partition coefficient (Wildman–Crippen LogP) is 4.57. The fourth-order valence-corrected chi connectivity index (χ4v) is 3.58. The predicted molar refractivity (Wildman–Crippen MR) is 99.2 cm³/mol. The molecule has 2 heterocycles. The van der Waals surface area contributed by atoms with Crippen LogP contribution in [0.2, 0.25) is 0 Å². The summed E-state index contributed by atoms with van der Waals surface area (Å²) < 4.78 is 6.73. The number of ketones is 1. The summed E-state index contributed by atoms with van der Waals surface area (Å²) in [6.07, 6.45) is 2.78. The second kappa shape index (κ2) is 6.41. The number of amides is 1. The molecule has 1 aliphatic rings. The number of anilines is 1. The Hall–Kier alpha value is -1.95. The Kier molecular flexibility index (Phi) is 4.58. The Bertz CT molecular complexity index is 837. The van der Waals surface area contributed by atoms with Gasteiger partial charge in [0.15, 0.2) is 11.5 Å². The SMILES string of the molecule is CCN(C(=O)c1oc2c(c1C)C(=O)CC(C)(C)C2)c1ccc(Br)cn1. The molecule has 1 amide bonds. The molecule has 132 valence electrons. The van der Waals surface area contributed by atoms with Crippen molar-refractivity contribution in [2.24, 2.45) is 5.41 Å². The van der Waals surface area contributed by atoms with E-state index in [1.165, 1.54) is 0 Å². The third kappa shape index (κ3) is 3.27. The second-order valence-corrected chi connectivity index (χ2v) is 8.10. The molecule has 0 bridgehead atoms. The average molecular weight is 405 g/mol. The van der Waals surface area contributed by atoms with Crippen molar-refractivity contribution < 1.29 is 14.0 Å². The highest BCUT2D eigenvalue weighted by Crippen LogP contribution is 2.38. The van der Waals surface area contributed by atoms with Gasteiger partial charge in [0.1, 0.15) is 11.6 Å². The van der Waals surface area contributed by atoms with Crippen LogP contribution in [0.3, 0.4) is 0 Å². The lowest BCUT2D eigenvalue weighted by Gasteiger charge is -2.27. The lowest BCUT2D eigenvalue weighted by Crippen LogP contribution is -2.31. The van der Waals surface area contributed by atoms with Gasteiger partial charge in [-0.3, -0.25) is 14.5 Å². The zero-order valence-corrected chi connectivity index (χ0v) is 16.4. The number of fused-ring (bicyclic) bond motifs is 1. The zero-order chi connectivity index (χ0) is 18.4. The van der Waals surface area contributed by atoms with Crippen molar-refractivity contribution in [2.75, 3.05) is 11.4 Å². The third-order valence-electron chi connectivity index (χ3n) is 4.52. The molecule has 0 radical (unpaired) electrons. The Morgan fingerprint density at radius 2 is 2.08 bits per heavy atom. The van der Waals surface area contributed by atoms with E-state index in [0.717, 1.165) is 4.47 Å². The molecule has 0 fully saturated rings. The van der Waals surface area contributed by atoms with Crippen molar-refractivity contribution in [1.82, 2.24) is 4.98 Å². The number of nitrogens with zero attached hydrogens (tertiary/aromatic N) is 2. The third-order valence-corrected chi connectivity index (χ3v) is 4.99. The molecule has 2 aromatic heterocycles. The molecule has 0 atom stereocenters. The Balaban J connectivity index is 2.00. The number of hydrogen-bond donors (Lipinski definition) is 0. The van der Waals surface area contributed by atoms with Gasteiger partial charge in [-0.15, -0.1) is 0 Å². The van der Waals surface area contributed by atoms with E-state index in [2.05, 4.69) is 20.9 Å². The fraction of sp³-hybridized carbons (Fsp3) is 0.421. The number of aromatic nitrogens is 1. The minimum absolute atomic E-state index is 0.0522. The van der Waals surface area contributed by atoms with E-state index in [9.17, 15) is 9.59 Å². The van der Waals surface area contributed by atoms with Gasteiger partial charge in [0, 0.05) is 35.6 Å². The summed E-state index contributed by atoms with van der Waals surface area (Å²) in [4.78, 5) is 31.4. The van der Waals surface area contributed by atoms with Gasteiger partial charge in [-0.25, -0.2) is 4.98 Å². The van der Waals surface area contributed by atoms with Crippen molar-refractivity contribution in [3.8, 4) is 0 Å². The Morgan fingerprint density at radius 3 is 2.68 bits per heavy atom. The first-order valence-electron chi connectivity index (χ1n) is 8.32. The van der Waals surface area contributed by atoms with Crippen LogP contribution in [-0.4, -0.2) is 23.2 Å². The Labute approximate surface area is 155 Å². The minimum Gasteiger partial charge on any atom is -0.455 e. The molecule has 2 aromatic rings. The molecule has 0 saturated heterocycles. The van der Waals surface area contributed by atoms with Crippen LogP contribution in [-0.2, 0) is 6.42 Å². The largest absolute Gasteiger partial charge is 0.455 e. The van der Waals surface area contributed by atoms with Crippen molar-refractivity contribution in [3.05, 3.63) is 45.4 Å². The van der Waals surface area contributed by atoms with E-state index in [0.29, 0.717) is 42.1 Å². The van der Waals surface area contributed by atoms with Crippen LogP contribution in [0.5, 0.6) is 0 Å². The molecule has 0 unspecified atom stereocenters. The van der Waals surface area contributed by atoms with Crippen LogP contribution in [0.15, 0.2) is 27.2 Å². The number of carbonyl (C=O) groups excluding carboxylic acids is 2. The van der Waals surface area contributed by atoms with Crippen molar-refractivity contribution >= 4 is 33.4 Å². The summed E-state index contributed by atoms with van der Waals surface area (Å²) in [5, 5.41) is 0. The first-order valence-corrected chi connectivity index (χ1v) is 9.11. The topological polar surface area (TPSA) is 63.4 Å². The summed E-state index contributed by atoms with van der Waals surface area (Å²) >= 11 is 3.34. The molecule has 0 aromatic carbocycles. The summed E-state index contributed by atoms with van der Waals surface area (Å²) in [7, 11) is 0. The Morgan fingerprint density at radius 1 is 1.36 bits per heavy atom. The average Bonchev–Trinajstić information content (AvgIpc) is 2.85. The summed E-state index contributed by atoms with van der Waals surface area (Å²) in [5.41, 5.74) is 1.07. The molecule has 0 spiro atoms. The maximum absolute atomic E-state index is 13.0. The van der Waals surface area contributed by atoms with Gasteiger partial charge in [0.25, 0.3) is 5.91 Å². The molecular weight excluding hydrogens is 384 g/mol. The van der Waals surface area contributed by atoms with E-state index in [4.69, 9.17) is 4.42 Å². The first-order chi connectivity index (χ1) is 11.7. The van der Waals surface area contributed by atoms with Gasteiger partial charge in [0.05, 0.1) is 5.56 Å². The number of furan rings is 1. The van der Waals surface area contributed by atoms with Gasteiger partial charge in [-0.1, -0.05) is 13.8 Å². The van der Waals surface area contributed by atoms with Crippen LogP contribution >= 0.6 is 15.9 Å². The monoisotopic (exact) mass is 404 g/mol. The van der Waals surface area contributed by atoms with E-state index < -0.39 is 0 Å². The van der Waals surface area contributed by atoms with Gasteiger partial charge >= 0.3 is 0 Å². The van der Waals surface area contributed by atoms with Gasteiger partial charge < -0.3 is 4.42 Å². The summed E-state index contributed by atoms with van der Waals surface area (Å²) in [6.45, 7) is 8.20. The van der Waals surface area contributed by atoms with Crippen LogP contribution in [0.25, 0.3) is 0 Å². The normalized spacial score (nSPS) is 15.8. The molecule has 5 nitrogen and oxygen atoms in total. The van der Waals surface area contributed by atoms with E-state index in [1.807, 2.05) is 26.8 Å². The number of Topliss-reactive ketones (excluding diaryl/α,β-unsaturated/α-hetero) is 1. The number of pyridine rings is 1. The molecule has 0 N–H and O–H groups in total. The molecule has 0 aliphatic heterocycles. The maximum atomic E-state index is 13.0. The van der Waals surface area contributed by atoms with Gasteiger partial charge in [0.2, 0.25) is 0 Å². The number of carbonyl (C=O) groups is 2. The summed E-state index contributed by atoms with van der Waals surface area (Å²) in [6, 6.07) is 3.61. The van der Waals surface area contributed by atoms with Crippen LogP contribution in [0, 0.1) is 12.3 Å². The van der Waals surface area contributed by atoms with Gasteiger partial charge in [-0.2, -0.15) is 0 Å². The van der Waals surface area contributed by atoms with Crippen molar-refractivity contribution in [3.63, 3.8) is 0 Å². The molecule has 25 heavy (non-hydrogen) atoms. The lowest BCUT2D eigenvalue weighted by molar-refractivity contribution is 0.0896. The van der Waals surface area contributed by atoms with E-state index in [-0.39, 0.29) is 22.9 Å². The highest BCUT2D eigenvalue weighted by atomic mass is 79.9. The van der Waals surface area contributed by atoms with Gasteiger partial charge in [-0.05, 0) is 47.3 Å². The van der Waals surface area contributed by atoms with Crippen molar-refractivity contribution in [1.29, 1.82) is 0 Å². The highest BCUT2D eigenvalue weighted by Gasteiger charge is 2.37. The van der Waals surface area contributed by atoms with Crippen LogP contribution in [0.1, 0.15) is 59.4 Å². The fourth-order valence-electron chi connectivity index (χ4n) is 3.35. The molecule has 1 aliphatic carbocycles. The highest BCUT2D eigenvalue weighted by molar-refractivity contribution is 9.10. The van der Waals surface area contributed by atoms with Crippen molar-refractivity contribution in [2.45, 2.75) is 40.5 Å². The number of rotatable bonds is 3. The van der Waals surface area contributed by atoms with Crippen LogP contribution in [0.4, 0.5) is 5.82 Å². The summed E-state index contributed by atoms with van der Waals surface area (Å²) in [5.74, 6) is 1.20. The number of hydrogen-bond acceptors (Lipinski definition) is 4. The number of halogens is 1. The van der Waals surface area contributed by atoms with E-state index in [1.54, 1.807) is 24.1 Å². The molecule has 3 rings (SSSR count). The first kappa shape index (κ1) is 17.9. The smallest absolute Gasteiger partial charge is 0.295 e.